The van der Waals surface area contributed by atoms with Crippen molar-refractivity contribution in [2.24, 2.45) is 5.92 Å². The van der Waals surface area contributed by atoms with Crippen molar-refractivity contribution in [2.75, 3.05) is 19.3 Å². The summed E-state index contributed by atoms with van der Waals surface area (Å²) in [5.74, 6) is 0.256. The number of thioether (sulfide) groups is 1. The first kappa shape index (κ1) is 27.3. The van der Waals surface area contributed by atoms with Gasteiger partial charge >= 0.3 is 11.9 Å². The summed E-state index contributed by atoms with van der Waals surface area (Å²) in [6, 6.07) is 4.29. The number of Topliss-reactive ketones (excluding diaryl/α,β-unsaturated/α-hetero) is 1. The topological polar surface area (TPSA) is 126 Å². The lowest BCUT2D eigenvalue weighted by molar-refractivity contribution is -0.640. The maximum atomic E-state index is 12.9. The molecule has 1 amide bonds. The van der Waals surface area contributed by atoms with Gasteiger partial charge in [0.1, 0.15) is 0 Å². The molecule has 12 heteroatoms. The number of ketones is 1. The molecular formula is C23H34N5O5S2+. The first-order valence-corrected chi connectivity index (χ1v) is 14.4. The van der Waals surface area contributed by atoms with E-state index in [1.54, 1.807) is 12.1 Å². The largest absolute Gasteiger partial charge is 0.520 e. The second-order valence-electron chi connectivity index (χ2n) is 9.07. The molecule has 0 aliphatic heterocycles. The van der Waals surface area contributed by atoms with Crippen LogP contribution in [0.25, 0.3) is 0 Å². The SMILES string of the molecule is CC(C)CCC(=O)c1oc(SCCN(C)S(=O)(=O)c2ccccn2)n[n+]1C(=O)NC1CCCCC1. The highest BCUT2D eigenvalue weighted by atomic mass is 32.2. The Morgan fingerprint density at radius 1 is 1.26 bits per heavy atom. The molecule has 2 heterocycles. The van der Waals surface area contributed by atoms with Crippen LogP contribution in [0.2, 0.25) is 0 Å². The molecule has 0 saturated heterocycles. The number of amides is 1. The molecule has 1 N–H and O–H groups in total. The number of hydrogen-bond acceptors (Lipinski definition) is 8. The van der Waals surface area contributed by atoms with Crippen molar-refractivity contribution >= 4 is 33.6 Å². The second kappa shape index (κ2) is 12.6. The van der Waals surface area contributed by atoms with Crippen LogP contribution in [0.3, 0.4) is 0 Å². The Kier molecular flexibility index (Phi) is 9.81. The minimum absolute atomic E-state index is 0.0288. The van der Waals surface area contributed by atoms with Gasteiger partial charge in [0.05, 0.1) is 6.04 Å². The Morgan fingerprint density at radius 3 is 2.66 bits per heavy atom. The molecule has 0 aromatic carbocycles. The van der Waals surface area contributed by atoms with Crippen molar-refractivity contribution in [3.8, 4) is 0 Å². The molecule has 0 unspecified atom stereocenters. The van der Waals surface area contributed by atoms with Gasteiger partial charge in [0, 0.05) is 32.0 Å². The Labute approximate surface area is 210 Å². The van der Waals surface area contributed by atoms with E-state index in [0.717, 1.165) is 48.5 Å². The molecule has 0 atom stereocenters. The molecule has 0 radical (unpaired) electrons. The zero-order valence-electron chi connectivity index (χ0n) is 20.5. The van der Waals surface area contributed by atoms with E-state index in [9.17, 15) is 18.0 Å². The number of carbonyl (C=O) groups excluding carboxylic acids is 2. The van der Waals surface area contributed by atoms with Crippen LogP contribution in [0.1, 0.15) is 69.5 Å². The fourth-order valence-electron chi connectivity index (χ4n) is 3.69. The van der Waals surface area contributed by atoms with E-state index in [1.807, 2.05) is 13.8 Å². The lowest BCUT2D eigenvalue weighted by Crippen LogP contribution is -2.57. The number of aromatic nitrogens is 3. The molecule has 192 valence electrons. The van der Waals surface area contributed by atoms with Gasteiger partial charge in [0.2, 0.25) is 5.78 Å². The van der Waals surface area contributed by atoms with E-state index in [1.165, 1.54) is 23.6 Å². The lowest BCUT2D eigenvalue weighted by atomic mass is 9.96. The Bertz CT molecular complexity index is 1100. The zero-order chi connectivity index (χ0) is 25.4. The van der Waals surface area contributed by atoms with Gasteiger partial charge in [0.15, 0.2) is 5.03 Å². The Hall–Kier alpha value is -2.31. The van der Waals surface area contributed by atoms with Gasteiger partial charge in [-0.25, -0.2) is 18.7 Å². The number of nitrogens with one attached hydrogen (secondary N) is 1. The number of nitrogens with zero attached hydrogens (tertiary/aromatic N) is 4. The minimum atomic E-state index is -3.72. The molecule has 1 aliphatic rings. The van der Waals surface area contributed by atoms with Crippen LogP contribution < -0.4 is 10.00 Å². The summed E-state index contributed by atoms with van der Waals surface area (Å²) in [4.78, 5) is 29.7. The third-order valence-electron chi connectivity index (χ3n) is 5.81. The summed E-state index contributed by atoms with van der Waals surface area (Å²) >= 11 is 1.14. The average molecular weight is 525 g/mol. The van der Waals surface area contributed by atoms with Crippen LogP contribution in [0.4, 0.5) is 4.79 Å². The van der Waals surface area contributed by atoms with Gasteiger partial charge in [-0.3, -0.25) is 4.79 Å². The van der Waals surface area contributed by atoms with Crippen molar-refractivity contribution in [2.45, 2.75) is 75.1 Å². The standard InChI is InChI=1S/C23H33N5O5S2/c1-17(2)12-13-19(29)21-28(22(30)25-18-9-5-4-6-10-18)26-23(33-21)34-16-15-27(3)35(31,32)20-11-7-8-14-24-20/h7-8,11,14,17-18H,4-6,9-10,12-13,15-16H2,1-3H3/p+1. The third-order valence-corrected chi connectivity index (χ3v) is 8.39. The van der Waals surface area contributed by atoms with Crippen LogP contribution in [-0.2, 0) is 10.0 Å². The summed E-state index contributed by atoms with van der Waals surface area (Å²) in [7, 11) is -2.25. The Balaban J connectivity index is 1.68. The lowest BCUT2D eigenvalue weighted by Gasteiger charge is -2.17. The third kappa shape index (κ3) is 7.58. The first-order chi connectivity index (χ1) is 16.7. The van der Waals surface area contributed by atoms with Crippen LogP contribution in [0.15, 0.2) is 39.1 Å². The van der Waals surface area contributed by atoms with Crippen molar-refractivity contribution in [1.29, 1.82) is 0 Å². The molecule has 3 rings (SSSR count). The highest BCUT2D eigenvalue weighted by molar-refractivity contribution is 7.99. The van der Waals surface area contributed by atoms with Gasteiger partial charge in [-0.2, -0.15) is 9.10 Å². The maximum Gasteiger partial charge on any atom is 0.520 e. The fourth-order valence-corrected chi connectivity index (χ4v) is 5.72. The molecule has 2 aromatic rings. The number of hydrogen-bond donors (Lipinski definition) is 1. The van der Waals surface area contributed by atoms with E-state index in [4.69, 9.17) is 4.42 Å². The monoisotopic (exact) mass is 524 g/mol. The highest BCUT2D eigenvalue weighted by Gasteiger charge is 2.33. The van der Waals surface area contributed by atoms with E-state index >= 15 is 0 Å². The molecule has 1 aliphatic carbocycles. The summed E-state index contributed by atoms with van der Waals surface area (Å²) in [5.41, 5.74) is 0. The molecular weight excluding hydrogens is 490 g/mol. The molecule has 0 bridgehead atoms. The summed E-state index contributed by atoms with van der Waals surface area (Å²) in [6.07, 6.45) is 7.43. The summed E-state index contributed by atoms with van der Waals surface area (Å²) in [6.45, 7) is 4.21. The molecule has 2 aromatic heterocycles. The summed E-state index contributed by atoms with van der Waals surface area (Å²) < 4.78 is 33.2. The predicted octanol–water partition coefficient (Wildman–Crippen LogP) is 3.28. The average Bonchev–Trinajstić information content (AvgIpc) is 3.28. The van der Waals surface area contributed by atoms with Gasteiger partial charge in [0.25, 0.3) is 15.2 Å². The summed E-state index contributed by atoms with van der Waals surface area (Å²) in [5, 5.41) is 7.32. The second-order valence-corrected chi connectivity index (χ2v) is 12.1. The molecule has 0 spiro atoms. The van der Waals surface area contributed by atoms with Gasteiger partial charge in [-0.15, -0.1) is 0 Å². The normalized spacial score (nSPS) is 15.0. The van der Waals surface area contributed by atoms with E-state index in [-0.39, 0.29) is 40.9 Å². The number of rotatable bonds is 11. The van der Waals surface area contributed by atoms with Gasteiger partial charge in [-0.05, 0) is 59.9 Å². The van der Waals surface area contributed by atoms with Gasteiger partial charge < -0.3 is 4.42 Å². The molecule has 1 saturated carbocycles. The number of pyridine rings is 1. The quantitative estimate of drug-likeness (QED) is 0.270. The van der Waals surface area contributed by atoms with Crippen LogP contribution in [0.5, 0.6) is 0 Å². The van der Waals surface area contributed by atoms with Crippen LogP contribution >= 0.6 is 11.8 Å². The van der Waals surface area contributed by atoms with Crippen molar-refractivity contribution in [3.05, 3.63) is 30.3 Å². The van der Waals surface area contributed by atoms with Crippen molar-refractivity contribution in [1.82, 2.24) is 19.7 Å². The van der Waals surface area contributed by atoms with Gasteiger partial charge in [-0.1, -0.05) is 38.1 Å². The first-order valence-electron chi connectivity index (χ1n) is 12.0. The molecule has 35 heavy (non-hydrogen) atoms. The molecule has 10 nitrogen and oxygen atoms in total. The highest BCUT2D eigenvalue weighted by Crippen LogP contribution is 2.20. The maximum absolute atomic E-state index is 12.9. The van der Waals surface area contributed by atoms with E-state index in [0.29, 0.717) is 18.1 Å². The smallest absolute Gasteiger partial charge is 0.390 e. The molecule has 1 fully saturated rings. The number of sulfonamides is 1. The van der Waals surface area contributed by atoms with Crippen molar-refractivity contribution < 1.29 is 27.1 Å². The van der Waals surface area contributed by atoms with E-state index in [2.05, 4.69) is 15.4 Å². The number of carbonyl (C=O) groups is 2. The van der Waals surface area contributed by atoms with Crippen LogP contribution in [-0.4, -0.2) is 60.0 Å². The van der Waals surface area contributed by atoms with Crippen LogP contribution in [0, 0.1) is 5.92 Å². The fraction of sp³-hybridized carbons (Fsp3) is 0.609. The zero-order valence-corrected chi connectivity index (χ0v) is 22.1. The van der Waals surface area contributed by atoms with E-state index < -0.39 is 16.1 Å². The predicted molar refractivity (Wildman–Crippen MR) is 131 cm³/mol. The Morgan fingerprint density at radius 2 is 2.00 bits per heavy atom. The van der Waals surface area contributed by atoms with Crippen molar-refractivity contribution in [3.63, 3.8) is 0 Å². The minimum Gasteiger partial charge on any atom is -0.390 e.